The van der Waals surface area contributed by atoms with E-state index in [1.807, 2.05) is 47.0 Å². The molecular formula is C24H25N2O+. The third-order valence-corrected chi connectivity index (χ3v) is 5.42. The quantitative estimate of drug-likeness (QED) is 0.645. The van der Waals surface area contributed by atoms with Crippen LogP contribution < -0.4 is 9.47 Å². The normalized spacial score (nSPS) is 16.8. The Labute approximate surface area is 160 Å². The van der Waals surface area contributed by atoms with E-state index >= 15 is 0 Å². The van der Waals surface area contributed by atoms with Crippen LogP contribution in [-0.4, -0.2) is 11.9 Å². The second kappa shape index (κ2) is 7.36. The van der Waals surface area contributed by atoms with Crippen LogP contribution >= 0.6 is 0 Å². The molecule has 0 spiro atoms. The first-order valence-corrected chi connectivity index (χ1v) is 9.58. The molecule has 1 aliphatic rings. The minimum atomic E-state index is -0.232. The number of pyridine rings is 1. The van der Waals surface area contributed by atoms with Crippen molar-refractivity contribution < 1.29 is 9.36 Å². The molecule has 1 amide bonds. The molecular weight excluding hydrogens is 332 g/mol. The van der Waals surface area contributed by atoms with Crippen molar-refractivity contribution in [2.24, 2.45) is 0 Å². The van der Waals surface area contributed by atoms with Crippen LogP contribution in [-0.2, 0) is 17.6 Å². The fourth-order valence-electron chi connectivity index (χ4n) is 3.91. The van der Waals surface area contributed by atoms with Gasteiger partial charge in [0.15, 0.2) is 12.4 Å². The molecule has 2 heterocycles. The van der Waals surface area contributed by atoms with E-state index in [0.717, 1.165) is 18.5 Å². The largest absolute Gasteiger partial charge is 0.303 e. The lowest BCUT2D eigenvalue weighted by Crippen LogP contribution is -2.49. The molecule has 4 rings (SSSR count). The van der Waals surface area contributed by atoms with Crippen molar-refractivity contribution in [3.8, 4) is 0 Å². The van der Waals surface area contributed by atoms with E-state index in [4.69, 9.17) is 0 Å². The number of carbonyl (C=O) groups excluding carboxylic acids is 1. The van der Waals surface area contributed by atoms with Crippen molar-refractivity contribution >= 4 is 11.6 Å². The van der Waals surface area contributed by atoms with Crippen LogP contribution in [0.15, 0.2) is 79.1 Å². The summed E-state index contributed by atoms with van der Waals surface area (Å²) in [4.78, 5) is 15.2. The molecule has 0 bridgehead atoms. The number of aromatic nitrogens is 1. The Bertz CT molecular complexity index is 934. The highest BCUT2D eigenvalue weighted by Crippen LogP contribution is 2.32. The van der Waals surface area contributed by atoms with E-state index in [1.54, 1.807) is 0 Å². The molecule has 1 aromatic heterocycles. The van der Waals surface area contributed by atoms with E-state index in [0.29, 0.717) is 0 Å². The Kier molecular flexibility index (Phi) is 4.76. The first-order chi connectivity index (χ1) is 13.1. The molecule has 3 heteroatoms. The van der Waals surface area contributed by atoms with Crippen molar-refractivity contribution in [3.05, 3.63) is 95.8 Å². The third kappa shape index (κ3) is 3.50. The van der Waals surface area contributed by atoms with Crippen LogP contribution in [0.1, 0.15) is 36.6 Å². The summed E-state index contributed by atoms with van der Waals surface area (Å²) in [6.07, 6.45) is 5.87. The van der Waals surface area contributed by atoms with Gasteiger partial charge in [0.1, 0.15) is 0 Å². The summed E-state index contributed by atoms with van der Waals surface area (Å²) in [6.45, 7) is 4.10. The standard InChI is InChI=1S/C24H25N2O/c1-18-16-22-10-6-7-11-23(22)26(18)24(27)19(2)25-14-12-21(13-15-25)17-20-8-4-3-5-9-20/h3-15,18-19H,16-17H2,1-2H3/q+1/t18-,19-/m1/s1. The van der Waals surface area contributed by atoms with Crippen LogP contribution in [0.3, 0.4) is 0 Å². The maximum absolute atomic E-state index is 13.2. The number of fused-ring (bicyclic) bond motifs is 1. The lowest BCUT2D eigenvalue weighted by Gasteiger charge is -2.23. The van der Waals surface area contributed by atoms with Gasteiger partial charge in [-0.15, -0.1) is 0 Å². The number of para-hydroxylation sites is 1. The molecule has 2 atom stereocenters. The predicted molar refractivity (Wildman–Crippen MR) is 108 cm³/mol. The monoisotopic (exact) mass is 357 g/mol. The van der Waals surface area contributed by atoms with Gasteiger partial charge in [-0.3, -0.25) is 4.79 Å². The Balaban J connectivity index is 1.51. The molecule has 3 aromatic rings. The molecule has 0 saturated heterocycles. The number of carbonyl (C=O) groups is 1. The van der Waals surface area contributed by atoms with Gasteiger partial charge >= 0.3 is 0 Å². The summed E-state index contributed by atoms with van der Waals surface area (Å²) in [5, 5.41) is 0. The fraction of sp³-hybridized carbons (Fsp3) is 0.250. The average Bonchev–Trinajstić information content (AvgIpc) is 3.04. The van der Waals surface area contributed by atoms with Gasteiger partial charge in [0, 0.05) is 30.8 Å². The first-order valence-electron chi connectivity index (χ1n) is 9.58. The van der Waals surface area contributed by atoms with Gasteiger partial charge in [0.25, 0.3) is 5.91 Å². The Hall–Kier alpha value is -2.94. The van der Waals surface area contributed by atoms with Crippen LogP contribution in [0.2, 0.25) is 0 Å². The van der Waals surface area contributed by atoms with Crippen molar-refractivity contribution in [3.63, 3.8) is 0 Å². The molecule has 0 fully saturated rings. The number of nitrogens with zero attached hydrogens (tertiary/aromatic N) is 2. The minimum absolute atomic E-state index is 0.147. The zero-order chi connectivity index (χ0) is 18.8. The van der Waals surface area contributed by atoms with Crippen LogP contribution in [0, 0.1) is 0 Å². The van der Waals surface area contributed by atoms with Gasteiger partial charge in [-0.25, -0.2) is 0 Å². The Morgan fingerprint density at radius 3 is 2.37 bits per heavy atom. The highest BCUT2D eigenvalue weighted by atomic mass is 16.2. The number of hydrogen-bond acceptors (Lipinski definition) is 1. The summed E-state index contributed by atoms with van der Waals surface area (Å²) in [7, 11) is 0. The van der Waals surface area contributed by atoms with Crippen LogP contribution in [0.4, 0.5) is 5.69 Å². The first kappa shape index (κ1) is 17.5. The van der Waals surface area contributed by atoms with E-state index < -0.39 is 0 Å². The molecule has 0 saturated carbocycles. The third-order valence-electron chi connectivity index (χ3n) is 5.42. The van der Waals surface area contributed by atoms with E-state index in [1.165, 1.54) is 16.7 Å². The van der Waals surface area contributed by atoms with Gasteiger partial charge in [-0.05, 0) is 42.5 Å². The van der Waals surface area contributed by atoms with Crippen molar-refractivity contribution in [2.45, 2.75) is 38.8 Å². The van der Waals surface area contributed by atoms with Gasteiger partial charge in [0.05, 0.1) is 0 Å². The highest BCUT2D eigenvalue weighted by Gasteiger charge is 2.36. The SMILES string of the molecule is C[C@@H]1Cc2ccccc2N1C(=O)[C@@H](C)[n+]1ccc(Cc2ccccc2)cc1. The molecule has 3 nitrogen and oxygen atoms in total. The number of hydrogen-bond donors (Lipinski definition) is 0. The molecule has 136 valence electrons. The number of anilines is 1. The maximum atomic E-state index is 13.2. The zero-order valence-electron chi connectivity index (χ0n) is 15.9. The second-order valence-corrected chi connectivity index (χ2v) is 7.38. The van der Waals surface area contributed by atoms with E-state index in [2.05, 4.69) is 55.5 Å². The molecule has 1 aliphatic heterocycles. The van der Waals surface area contributed by atoms with Crippen LogP contribution in [0.25, 0.3) is 0 Å². The Morgan fingerprint density at radius 1 is 1.00 bits per heavy atom. The molecule has 2 aromatic carbocycles. The van der Waals surface area contributed by atoms with Gasteiger partial charge in [0.2, 0.25) is 6.04 Å². The van der Waals surface area contributed by atoms with Gasteiger partial charge in [-0.2, -0.15) is 4.57 Å². The number of amides is 1. The Morgan fingerprint density at radius 2 is 1.63 bits per heavy atom. The summed E-state index contributed by atoms with van der Waals surface area (Å²) in [6, 6.07) is 22.9. The lowest BCUT2D eigenvalue weighted by atomic mass is 10.1. The zero-order valence-corrected chi connectivity index (χ0v) is 15.9. The van der Waals surface area contributed by atoms with E-state index in [-0.39, 0.29) is 18.0 Å². The van der Waals surface area contributed by atoms with Crippen molar-refractivity contribution in [2.75, 3.05) is 4.90 Å². The second-order valence-electron chi connectivity index (χ2n) is 7.38. The fourth-order valence-corrected chi connectivity index (χ4v) is 3.91. The minimum Gasteiger partial charge on any atom is -0.303 e. The van der Waals surface area contributed by atoms with E-state index in [9.17, 15) is 4.79 Å². The number of rotatable bonds is 4. The van der Waals surface area contributed by atoms with Gasteiger partial charge in [-0.1, -0.05) is 48.5 Å². The molecule has 0 unspecified atom stereocenters. The number of benzene rings is 2. The lowest BCUT2D eigenvalue weighted by molar-refractivity contribution is -0.705. The summed E-state index contributed by atoms with van der Waals surface area (Å²) in [5.41, 5.74) is 4.86. The maximum Gasteiger partial charge on any atom is 0.296 e. The molecule has 0 aliphatic carbocycles. The summed E-state index contributed by atoms with van der Waals surface area (Å²) < 4.78 is 2.00. The van der Waals surface area contributed by atoms with Gasteiger partial charge < -0.3 is 4.90 Å². The highest BCUT2D eigenvalue weighted by molar-refractivity contribution is 5.97. The summed E-state index contributed by atoms with van der Waals surface area (Å²) >= 11 is 0. The van der Waals surface area contributed by atoms with Crippen molar-refractivity contribution in [1.82, 2.24) is 0 Å². The predicted octanol–water partition coefficient (Wildman–Crippen LogP) is 4.10. The molecule has 0 N–H and O–H groups in total. The molecule has 27 heavy (non-hydrogen) atoms. The van der Waals surface area contributed by atoms with Crippen molar-refractivity contribution in [1.29, 1.82) is 0 Å². The topological polar surface area (TPSA) is 24.2 Å². The summed E-state index contributed by atoms with van der Waals surface area (Å²) in [5.74, 6) is 0.147. The average molecular weight is 357 g/mol. The van der Waals surface area contributed by atoms with Crippen LogP contribution in [0.5, 0.6) is 0 Å². The molecule has 0 radical (unpaired) electrons. The smallest absolute Gasteiger partial charge is 0.296 e.